The van der Waals surface area contributed by atoms with E-state index in [1.165, 1.54) is 6.07 Å². The zero-order valence-corrected chi connectivity index (χ0v) is 24.3. The number of imidazole rings is 1. The molecule has 2 aromatic carbocycles. The van der Waals surface area contributed by atoms with Crippen molar-refractivity contribution in [1.29, 1.82) is 0 Å². The molecular weight excluding hydrogens is 583 g/mol. The monoisotopic (exact) mass is 618 g/mol. The average molecular weight is 619 g/mol. The van der Waals surface area contributed by atoms with Gasteiger partial charge in [0.2, 0.25) is 5.91 Å². The first-order valence-corrected chi connectivity index (χ1v) is 14.8. The minimum atomic E-state index is -4.88. The quantitative estimate of drug-likeness (QED) is 0.343. The summed E-state index contributed by atoms with van der Waals surface area (Å²) in [5.74, 6) is -2.87. The lowest BCUT2D eigenvalue weighted by Crippen LogP contribution is -2.52. The van der Waals surface area contributed by atoms with Crippen molar-refractivity contribution in [3.8, 4) is 5.69 Å². The second-order valence-electron chi connectivity index (χ2n) is 11.3. The van der Waals surface area contributed by atoms with Gasteiger partial charge in [0.15, 0.2) is 5.82 Å². The molecule has 1 aromatic heterocycles. The summed E-state index contributed by atoms with van der Waals surface area (Å²) in [7, 11) is 0. The van der Waals surface area contributed by atoms with Crippen molar-refractivity contribution in [2.24, 2.45) is 0 Å². The molecule has 8 nitrogen and oxygen atoms in total. The van der Waals surface area contributed by atoms with Crippen LogP contribution in [0.4, 0.5) is 27.8 Å². The highest BCUT2D eigenvalue weighted by Gasteiger charge is 2.43. The molecule has 0 radical (unpaired) electrons. The number of nitrogens with zero attached hydrogens (tertiary/aromatic N) is 4. The lowest BCUT2D eigenvalue weighted by atomic mass is 9.87. The Kier molecular flexibility index (Phi) is 9.64. The molecule has 1 unspecified atom stereocenters. The van der Waals surface area contributed by atoms with Crippen molar-refractivity contribution < 1.29 is 31.5 Å². The molecule has 5 rings (SSSR count). The number of alkyl halides is 3. The molecule has 2 atom stereocenters. The normalized spacial score (nSPS) is 18.1. The molecule has 2 heterocycles. The van der Waals surface area contributed by atoms with Crippen molar-refractivity contribution in [1.82, 2.24) is 24.7 Å². The Hall–Kier alpha value is -3.84. The van der Waals surface area contributed by atoms with Gasteiger partial charge in [-0.3, -0.25) is 14.5 Å². The van der Waals surface area contributed by atoms with E-state index in [2.05, 4.69) is 15.6 Å². The zero-order chi connectivity index (χ0) is 31.4. The maximum absolute atomic E-state index is 14.4. The summed E-state index contributed by atoms with van der Waals surface area (Å²) in [5, 5.41) is 6.25. The second kappa shape index (κ2) is 13.4. The van der Waals surface area contributed by atoms with Crippen LogP contribution in [-0.4, -0.2) is 75.6 Å². The first-order valence-electron chi connectivity index (χ1n) is 14.8. The maximum Gasteiger partial charge on any atom is 0.471 e. The van der Waals surface area contributed by atoms with Crippen LogP contribution in [0.25, 0.3) is 5.69 Å². The Morgan fingerprint density at radius 3 is 2.57 bits per heavy atom. The fraction of sp³-hybridized carbons (Fsp3) is 0.452. The Morgan fingerprint density at radius 2 is 1.84 bits per heavy atom. The Labute approximate surface area is 252 Å². The summed E-state index contributed by atoms with van der Waals surface area (Å²) in [6.07, 6.45) is 1.25. The van der Waals surface area contributed by atoms with Gasteiger partial charge in [-0.15, -0.1) is 0 Å². The van der Waals surface area contributed by atoms with Crippen LogP contribution >= 0.6 is 0 Å². The summed E-state index contributed by atoms with van der Waals surface area (Å²) in [6.45, 7) is 3.04. The van der Waals surface area contributed by atoms with Crippen LogP contribution in [0.3, 0.4) is 0 Å². The van der Waals surface area contributed by atoms with Crippen molar-refractivity contribution in [2.45, 2.75) is 63.8 Å². The highest BCUT2D eigenvalue weighted by Crippen LogP contribution is 2.26. The van der Waals surface area contributed by atoms with E-state index < -0.39 is 29.8 Å². The van der Waals surface area contributed by atoms with Gasteiger partial charge in [0, 0.05) is 44.8 Å². The van der Waals surface area contributed by atoms with Gasteiger partial charge in [-0.05, 0) is 54.5 Å². The van der Waals surface area contributed by atoms with Gasteiger partial charge in [0.05, 0.1) is 17.9 Å². The Bertz CT molecular complexity index is 1480. The van der Waals surface area contributed by atoms with E-state index in [9.17, 15) is 31.5 Å². The molecule has 236 valence electrons. The van der Waals surface area contributed by atoms with E-state index in [0.29, 0.717) is 62.3 Å². The van der Waals surface area contributed by atoms with E-state index in [1.807, 2.05) is 36.1 Å². The third-order valence-corrected chi connectivity index (χ3v) is 8.20. The highest BCUT2D eigenvalue weighted by atomic mass is 19.4. The van der Waals surface area contributed by atoms with Crippen LogP contribution in [0, 0.1) is 11.6 Å². The molecule has 44 heavy (non-hydrogen) atoms. The van der Waals surface area contributed by atoms with Crippen molar-refractivity contribution in [3.63, 3.8) is 0 Å². The number of nitrogens with one attached hydrogen (secondary N) is 2. The number of carbonyl (C=O) groups is 2. The minimum Gasteiger partial charge on any atom is -0.332 e. The van der Waals surface area contributed by atoms with Crippen LogP contribution in [0.15, 0.2) is 48.9 Å². The smallest absolute Gasteiger partial charge is 0.332 e. The number of fused-ring (bicyclic) bond motifs is 1. The average Bonchev–Trinajstić information content (AvgIpc) is 3.45. The molecule has 1 aliphatic heterocycles. The third-order valence-electron chi connectivity index (χ3n) is 8.20. The molecule has 13 heteroatoms. The summed E-state index contributed by atoms with van der Waals surface area (Å²) >= 11 is 0. The Morgan fingerprint density at radius 1 is 1.09 bits per heavy atom. The zero-order valence-electron chi connectivity index (χ0n) is 24.3. The number of rotatable bonds is 9. The number of amides is 2. The van der Waals surface area contributed by atoms with Crippen LogP contribution < -0.4 is 10.6 Å². The molecule has 0 bridgehead atoms. The molecule has 0 spiro atoms. The largest absolute Gasteiger partial charge is 0.471 e. The number of anilines is 1. The van der Waals surface area contributed by atoms with Crippen LogP contribution in [0.1, 0.15) is 42.9 Å². The molecule has 2 N–H and O–H groups in total. The number of aryl methyl sites for hydroxylation is 1. The van der Waals surface area contributed by atoms with Crippen molar-refractivity contribution >= 4 is 17.6 Å². The molecule has 0 saturated carbocycles. The minimum absolute atomic E-state index is 0.00438. The van der Waals surface area contributed by atoms with Gasteiger partial charge >= 0.3 is 12.1 Å². The maximum atomic E-state index is 14.4. The number of hydrogen-bond donors (Lipinski definition) is 2. The first kappa shape index (κ1) is 31.6. The van der Waals surface area contributed by atoms with Crippen molar-refractivity contribution in [2.75, 3.05) is 31.5 Å². The number of benzene rings is 2. The van der Waals surface area contributed by atoms with Gasteiger partial charge in [0.1, 0.15) is 18.0 Å². The van der Waals surface area contributed by atoms with Crippen LogP contribution in [0.2, 0.25) is 0 Å². The molecule has 1 saturated heterocycles. The SMILES string of the molecule is CCCC(N[C@H]1CCc2cc(F)cc(F)c2C1)C(=O)Nc1cn(-c2ccccc2CN2CCN(C(=O)C(F)(F)F)CC2)cn1. The summed E-state index contributed by atoms with van der Waals surface area (Å²) < 4.78 is 68.2. The predicted molar refractivity (Wildman–Crippen MR) is 154 cm³/mol. The second-order valence-corrected chi connectivity index (χ2v) is 11.3. The van der Waals surface area contributed by atoms with E-state index in [1.54, 1.807) is 17.1 Å². The fourth-order valence-electron chi connectivity index (χ4n) is 5.95. The van der Waals surface area contributed by atoms with Gasteiger partial charge in [-0.1, -0.05) is 31.5 Å². The van der Waals surface area contributed by atoms with E-state index in [0.717, 1.165) is 28.6 Å². The third kappa shape index (κ3) is 7.44. The number of para-hydroxylation sites is 1. The lowest BCUT2D eigenvalue weighted by Gasteiger charge is -2.35. The number of carbonyl (C=O) groups excluding carboxylic acids is 2. The lowest BCUT2D eigenvalue weighted by molar-refractivity contribution is -0.187. The summed E-state index contributed by atoms with van der Waals surface area (Å²) in [5.41, 5.74) is 2.87. The van der Waals surface area contributed by atoms with E-state index >= 15 is 0 Å². The molecular formula is C31H35F5N6O2. The molecule has 2 aliphatic rings. The topological polar surface area (TPSA) is 82.5 Å². The van der Waals surface area contributed by atoms with Crippen LogP contribution in [0.5, 0.6) is 0 Å². The molecule has 3 aromatic rings. The van der Waals surface area contributed by atoms with E-state index in [-0.39, 0.29) is 25.0 Å². The highest BCUT2D eigenvalue weighted by molar-refractivity contribution is 5.94. The molecule has 1 fully saturated rings. The van der Waals surface area contributed by atoms with Gasteiger partial charge in [0.25, 0.3) is 0 Å². The number of halogens is 5. The standard InChI is InChI=1S/C31H35F5N6O2/c1-2-5-26(38-23-9-8-20-14-22(32)15-25(33)24(20)16-23)29(43)39-28-18-42(19-37-28)27-7-4-3-6-21(27)17-40-10-12-41(13-11-40)30(44)31(34,35)36/h3-4,6-7,14-15,18-19,23,26,38H,2,5,8-13,16-17H2,1H3,(H,39,43)/t23-,26?/m0/s1. The first-order chi connectivity index (χ1) is 21.0. The number of aromatic nitrogens is 2. The molecule has 2 amide bonds. The predicted octanol–water partition coefficient (Wildman–Crippen LogP) is 4.61. The van der Waals surface area contributed by atoms with Gasteiger partial charge in [-0.25, -0.2) is 13.8 Å². The number of piperazine rings is 1. The Balaban J connectivity index is 1.20. The van der Waals surface area contributed by atoms with E-state index in [4.69, 9.17) is 0 Å². The summed E-state index contributed by atoms with van der Waals surface area (Å²) in [6, 6.07) is 9.14. The number of hydrogen-bond acceptors (Lipinski definition) is 5. The van der Waals surface area contributed by atoms with Gasteiger partial charge in [-0.2, -0.15) is 13.2 Å². The van der Waals surface area contributed by atoms with Gasteiger partial charge < -0.3 is 20.1 Å². The fourth-order valence-corrected chi connectivity index (χ4v) is 5.95. The summed E-state index contributed by atoms with van der Waals surface area (Å²) in [4.78, 5) is 32.0. The van der Waals surface area contributed by atoms with Crippen molar-refractivity contribution in [3.05, 3.63) is 77.2 Å². The van der Waals surface area contributed by atoms with Crippen LogP contribution in [-0.2, 0) is 29.0 Å². The molecule has 1 aliphatic carbocycles.